The molecule has 0 aliphatic carbocycles. The van der Waals surface area contributed by atoms with E-state index in [0.717, 1.165) is 5.56 Å². The molecule has 1 amide bonds. The molecule has 0 fully saturated rings. The molecule has 0 bridgehead atoms. The molecular weight excluding hydrogens is 183 g/mol. The maximum Gasteiger partial charge on any atom is 0.236 e. The fourth-order valence-electron chi connectivity index (χ4n) is 0.952. The number of carbonyl (C=O) groups is 1. The molecule has 0 saturated heterocycles. The van der Waals surface area contributed by atoms with Crippen LogP contribution in [0.4, 0.5) is 4.39 Å². The number of amides is 1. The molecule has 0 aromatic heterocycles. The van der Waals surface area contributed by atoms with Crippen LogP contribution >= 0.6 is 0 Å². The third-order valence-electron chi connectivity index (χ3n) is 1.79. The minimum Gasteiger partial charge on any atom is -0.351 e. The molecule has 3 N–H and O–H groups in total. The summed E-state index contributed by atoms with van der Waals surface area (Å²) in [4.78, 5) is 11.1. The summed E-state index contributed by atoms with van der Waals surface area (Å²) in [7, 11) is 0. The Balaban J connectivity index is 2.46. The van der Waals surface area contributed by atoms with Gasteiger partial charge in [0.05, 0.1) is 6.04 Å². The summed E-state index contributed by atoms with van der Waals surface area (Å²) in [5, 5.41) is 2.63. The number of nitrogens with two attached hydrogens (primary N) is 1. The lowest BCUT2D eigenvalue weighted by molar-refractivity contribution is -0.122. The topological polar surface area (TPSA) is 55.1 Å². The van der Waals surface area contributed by atoms with Crippen molar-refractivity contribution in [2.24, 2.45) is 5.73 Å². The molecule has 0 aliphatic rings. The summed E-state index contributed by atoms with van der Waals surface area (Å²) in [6, 6.07) is 5.43. The molecule has 0 heterocycles. The van der Waals surface area contributed by atoms with Crippen LogP contribution < -0.4 is 11.1 Å². The minimum atomic E-state index is -0.518. The summed E-state index contributed by atoms with van der Waals surface area (Å²) in [6.07, 6.45) is 0. The van der Waals surface area contributed by atoms with E-state index in [1.807, 2.05) is 0 Å². The molecule has 1 aromatic carbocycles. The molecule has 1 rings (SSSR count). The van der Waals surface area contributed by atoms with E-state index in [-0.39, 0.29) is 11.7 Å². The molecule has 0 saturated carbocycles. The van der Waals surface area contributed by atoms with E-state index in [0.29, 0.717) is 6.54 Å². The van der Waals surface area contributed by atoms with Crippen LogP contribution in [-0.2, 0) is 11.3 Å². The number of rotatable bonds is 3. The predicted octanol–water partition coefficient (Wildman–Crippen LogP) is 0.789. The first-order valence-corrected chi connectivity index (χ1v) is 4.37. The smallest absolute Gasteiger partial charge is 0.236 e. The average molecular weight is 196 g/mol. The first-order chi connectivity index (χ1) is 6.59. The van der Waals surface area contributed by atoms with Gasteiger partial charge in [0.15, 0.2) is 0 Å². The molecule has 14 heavy (non-hydrogen) atoms. The second-order valence-electron chi connectivity index (χ2n) is 3.13. The second kappa shape index (κ2) is 4.72. The van der Waals surface area contributed by atoms with Gasteiger partial charge in [-0.15, -0.1) is 0 Å². The summed E-state index contributed by atoms with van der Waals surface area (Å²) in [5.74, 6) is -0.499. The third-order valence-corrected chi connectivity index (χ3v) is 1.79. The fraction of sp³-hybridized carbons (Fsp3) is 0.300. The van der Waals surface area contributed by atoms with Crippen molar-refractivity contribution in [2.45, 2.75) is 19.5 Å². The zero-order valence-corrected chi connectivity index (χ0v) is 7.96. The van der Waals surface area contributed by atoms with Gasteiger partial charge in [-0.1, -0.05) is 12.1 Å². The van der Waals surface area contributed by atoms with Gasteiger partial charge in [0.1, 0.15) is 5.82 Å². The lowest BCUT2D eigenvalue weighted by Crippen LogP contribution is -2.37. The minimum absolute atomic E-state index is 0.214. The van der Waals surface area contributed by atoms with Crippen molar-refractivity contribution < 1.29 is 9.18 Å². The van der Waals surface area contributed by atoms with Gasteiger partial charge in [0.2, 0.25) is 5.91 Å². The Bertz CT molecular complexity index is 308. The number of hydrogen-bond acceptors (Lipinski definition) is 2. The lowest BCUT2D eigenvalue weighted by Gasteiger charge is -2.07. The number of benzene rings is 1. The van der Waals surface area contributed by atoms with Gasteiger partial charge >= 0.3 is 0 Å². The van der Waals surface area contributed by atoms with E-state index < -0.39 is 6.04 Å². The van der Waals surface area contributed by atoms with Gasteiger partial charge in [-0.3, -0.25) is 4.79 Å². The van der Waals surface area contributed by atoms with Crippen LogP contribution in [0.3, 0.4) is 0 Å². The quantitative estimate of drug-likeness (QED) is 0.751. The monoisotopic (exact) mass is 196 g/mol. The normalized spacial score (nSPS) is 12.2. The molecule has 3 nitrogen and oxygen atoms in total. The van der Waals surface area contributed by atoms with Crippen LogP contribution in [0.25, 0.3) is 0 Å². The molecule has 0 radical (unpaired) electrons. The van der Waals surface area contributed by atoms with Gasteiger partial charge in [-0.05, 0) is 24.6 Å². The highest BCUT2D eigenvalue weighted by molar-refractivity contribution is 5.80. The summed E-state index contributed by atoms with van der Waals surface area (Å²) >= 11 is 0. The Hall–Kier alpha value is -1.42. The van der Waals surface area contributed by atoms with Crippen molar-refractivity contribution in [3.63, 3.8) is 0 Å². The Morgan fingerprint density at radius 3 is 2.57 bits per heavy atom. The van der Waals surface area contributed by atoms with Crippen molar-refractivity contribution in [1.29, 1.82) is 0 Å². The molecule has 1 aromatic rings. The molecule has 0 spiro atoms. The number of nitrogens with one attached hydrogen (secondary N) is 1. The Morgan fingerprint density at radius 2 is 2.07 bits per heavy atom. The lowest BCUT2D eigenvalue weighted by atomic mass is 10.2. The van der Waals surface area contributed by atoms with E-state index in [1.54, 1.807) is 19.1 Å². The first-order valence-electron chi connectivity index (χ1n) is 4.37. The molecular formula is C10H13FN2O. The number of carbonyl (C=O) groups excluding carboxylic acids is 1. The Kier molecular flexibility index (Phi) is 3.59. The van der Waals surface area contributed by atoms with Crippen LogP contribution in [0.15, 0.2) is 24.3 Å². The molecule has 0 unspecified atom stereocenters. The van der Waals surface area contributed by atoms with Crippen LogP contribution in [-0.4, -0.2) is 11.9 Å². The first kappa shape index (κ1) is 10.7. The highest BCUT2D eigenvalue weighted by Crippen LogP contribution is 2.01. The fourth-order valence-corrected chi connectivity index (χ4v) is 0.952. The van der Waals surface area contributed by atoms with Gasteiger partial charge in [-0.25, -0.2) is 4.39 Å². The summed E-state index contributed by atoms with van der Waals surface area (Å²) in [5.41, 5.74) is 6.20. The van der Waals surface area contributed by atoms with Gasteiger partial charge in [-0.2, -0.15) is 0 Å². The van der Waals surface area contributed by atoms with Crippen LogP contribution in [0, 0.1) is 5.82 Å². The van der Waals surface area contributed by atoms with E-state index in [4.69, 9.17) is 5.73 Å². The van der Waals surface area contributed by atoms with Crippen molar-refractivity contribution in [1.82, 2.24) is 5.32 Å². The zero-order chi connectivity index (χ0) is 10.6. The molecule has 1 atom stereocenters. The highest BCUT2D eigenvalue weighted by atomic mass is 19.1. The number of hydrogen-bond donors (Lipinski definition) is 2. The largest absolute Gasteiger partial charge is 0.351 e. The van der Waals surface area contributed by atoms with Gasteiger partial charge < -0.3 is 11.1 Å². The molecule has 76 valence electrons. The van der Waals surface area contributed by atoms with Crippen LogP contribution in [0.2, 0.25) is 0 Å². The van der Waals surface area contributed by atoms with E-state index in [1.165, 1.54) is 12.1 Å². The van der Waals surface area contributed by atoms with Gasteiger partial charge in [0, 0.05) is 6.54 Å². The van der Waals surface area contributed by atoms with E-state index >= 15 is 0 Å². The predicted molar refractivity (Wildman–Crippen MR) is 51.9 cm³/mol. The Labute approximate surface area is 82.1 Å². The van der Waals surface area contributed by atoms with Crippen molar-refractivity contribution in [3.05, 3.63) is 35.6 Å². The zero-order valence-electron chi connectivity index (χ0n) is 7.96. The van der Waals surface area contributed by atoms with Crippen LogP contribution in [0.5, 0.6) is 0 Å². The summed E-state index contributed by atoms with van der Waals surface area (Å²) in [6.45, 7) is 1.99. The SMILES string of the molecule is C[C@@H](N)C(=O)NCc1ccc(F)cc1. The second-order valence-corrected chi connectivity index (χ2v) is 3.13. The standard InChI is InChI=1S/C10H13FN2O/c1-7(12)10(14)13-6-8-2-4-9(11)5-3-8/h2-5,7H,6,12H2,1H3,(H,13,14)/t7-/m1/s1. The maximum absolute atomic E-state index is 12.5. The van der Waals surface area contributed by atoms with E-state index in [2.05, 4.69) is 5.32 Å². The molecule has 4 heteroatoms. The highest BCUT2D eigenvalue weighted by Gasteiger charge is 2.05. The Morgan fingerprint density at radius 1 is 1.50 bits per heavy atom. The van der Waals surface area contributed by atoms with Crippen molar-refractivity contribution in [2.75, 3.05) is 0 Å². The number of halogens is 1. The van der Waals surface area contributed by atoms with Crippen molar-refractivity contribution in [3.8, 4) is 0 Å². The average Bonchev–Trinajstić information content (AvgIpc) is 2.16. The van der Waals surface area contributed by atoms with Gasteiger partial charge in [0.25, 0.3) is 0 Å². The van der Waals surface area contributed by atoms with Crippen molar-refractivity contribution >= 4 is 5.91 Å². The third kappa shape index (κ3) is 3.14. The molecule has 0 aliphatic heterocycles. The van der Waals surface area contributed by atoms with Crippen LogP contribution in [0.1, 0.15) is 12.5 Å². The van der Waals surface area contributed by atoms with E-state index in [9.17, 15) is 9.18 Å². The summed E-state index contributed by atoms with van der Waals surface area (Å²) < 4.78 is 12.5. The maximum atomic E-state index is 12.5.